The molecule has 0 atom stereocenters. The zero-order valence-electron chi connectivity index (χ0n) is 9.34. The summed E-state index contributed by atoms with van der Waals surface area (Å²) in [6.45, 7) is 1.97. The molecule has 16 heavy (non-hydrogen) atoms. The van der Waals surface area contributed by atoms with Crippen LogP contribution in [0.4, 0.5) is 0 Å². The van der Waals surface area contributed by atoms with Crippen molar-refractivity contribution in [2.24, 2.45) is 16.8 Å². The molecule has 0 radical (unpaired) electrons. The first-order chi connectivity index (χ1) is 7.61. The molecule has 0 aliphatic carbocycles. The standard InChI is InChI=1S/C10H18N4O2/c1-2-5-9(14(12)8-13-11)6-3-4-7-10(15)16/h3,5-6,8H,2,4,7,11-12H2,1H3,(H,15,16)/b6-3-,9-5+,13-8-. The molecule has 6 nitrogen and oxygen atoms in total. The summed E-state index contributed by atoms with van der Waals surface area (Å²) in [4.78, 5) is 10.3. The molecule has 90 valence electrons. The van der Waals surface area contributed by atoms with Gasteiger partial charge < -0.3 is 10.9 Å². The largest absolute Gasteiger partial charge is 0.481 e. The quantitative estimate of drug-likeness (QED) is 0.195. The van der Waals surface area contributed by atoms with Crippen molar-refractivity contribution in [1.29, 1.82) is 0 Å². The number of allylic oxidation sites excluding steroid dienone is 3. The highest BCUT2D eigenvalue weighted by atomic mass is 16.4. The van der Waals surface area contributed by atoms with E-state index in [0.29, 0.717) is 6.42 Å². The minimum Gasteiger partial charge on any atom is -0.481 e. The third-order valence-corrected chi connectivity index (χ3v) is 1.72. The lowest BCUT2D eigenvalue weighted by Gasteiger charge is -2.12. The lowest BCUT2D eigenvalue weighted by Crippen LogP contribution is -2.28. The molecule has 6 heteroatoms. The molecule has 0 spiro atoms. The minimum absolute atomic E-state index is 0.103. The Kier molecular flexibility index (Phi) is 7.52. The maximum Gasteiger partial charge on any atom is 0.303 e. The lowest BCUT2D eigenvalue weighted by molar-refractivity contribution is -0.136. The van der Waals surface area contributed by atoms with Crippen LogP contribution in [-0.2, 0) is 4.79 Å². The Bertz CT molecular complexity index is 297. The van der Waals surface area contributed by atoms with Crippen LogP contribution < -0.4 is 11.7 Å². The maximum atomic E-state index is 10.3. The van der Waals surface area contributed by atoms with Gasteiger partial charge in [-0.05, 0) is 18.9 Å². The van der Waals surface area contributed by atoms with E-state index in [-0.39, 0.29) is 6.42 Å². The summed E-state index contributed by atoms with van der Waals surface area (Å²) in [5.41, 5.74) is 0.724. The van der Waals surface area contributed by atoms with Crippen LogP contribution in [0.2, 0.25) is 0 Å². The van der Waals surface area contributed by atoms with Crippen LogP contribution in [0.3, 0.4) is 0 Å². The van der Waals surface area contributed by atoms with Crippen LogP contribution in [-0.4, -0.2) is 22.4 Å². The first kappa shape index (κ1) is 14.2. The van der Waals surface area contributed by atoms with E-state index in [9.17, 15) is 4.79 Å². The first-order valence-electron chi connectivity index (χ1n) is 4.97. The van der Waals surface area contributed by atoms with Crippen molar-refractivity contribution in [1.82, 2.24) is 5.01 Å². The molecule has 5 N–H and O–H groups in total. The SMILES string of the molecule is CC/C=C(\C=C/CCC(=O)O)N(N)/C=N\N. The number of hydrazine groups is 1. The molecule has 0 saturated carbocycles. The van der Waals surface area contributed by atoms with E-state index in [1.807, 2.05) is 13.0 Å². The van der Waals surface area contributed by atoms with E-state index >= 15 is 0 Å². The normalized spacial score (nSPS) is 12.5. The van der Waals surface area contributed by atoms with Gasteiger partial charge in [-0.25, -0.2) is 5.84 Å². The van der Waals surface area contributed by atoms with Gasteiger partial charge in [-0.2, -0.15) is 5.10 Å². The fraction of sp³-hybridized carbons (Fsp3) is 0.400. The van der Waals surface area contributed by atoms with E-state index in [0.717, 1.165) is 12.1 Å². The summed E-state index contributed by atoms with van der Waals surface area (Å²) in [5.74, 6) is 9.78. The molecule has 0 heterocycles. The molecule has 0 amide bonds. The molecule has 0 bridgehead atoms. The molecule has 0 aromatic carbocycles. The smallest absolute Gasteiger partial charge is 0.303 e. The van der Waals surface area contributed by atoms with E-state index in [1.54, 1.807) is 12.2 Å². The van der Waals surface area contributed by atoms with Crippen LogP contribution in [0.5, 0.6) is 0 Å². The summed E-state index contributed by atoms with van der Waals surface area (Å²) in [6, 6.07) is 0. The van der Waals surface area contributed by atoms with Crippen molar-refractivity contribution in [2.45, 2.75) is 26.2 Å². The average Bonchev–Trinajstić information content (AvgIpc) is 2.22. The molecule has 0 fully saturated rings. The lowest BCUT2D eigenvalue weighted by atomic mass is 10.2. The van der Waals surface area contributed by atoms with Gasteiger partial charge in [0.05, 0.1) is 5.70 Å². The zero-order chi connectivity index (χ0) is 12.4. The first-order valence-corrected chi connectivity index (χ1v) is 4.97. The number of nitrogens with zero attached hydrogens (tertiary/aromatic N) is 2. The number of rotatable bonds is 7. The topological polar surface area (TPSA) is 105 Å². The third kappa shape index (κ3) is 6.61. The monoisotopic (exact) mass is 226 g/mol. The van der Waals surface area contributed by atoms with Gasteiger partial charge in [0.1, 0.15) is 6.34 Å². The number of carboxylic acid groups (broad SMARTS) is 1. The highest BCUT2D eigenvalue weighted by molar-refractivity contribution is 5.66. The number of hydrazone groups is 1. The summed E-state index contributed by atoms with van der Waals surface area (Å²) >= 11 is 0. The number of carbonyl (C=O) groups is 1. The summed E-state index contributed by atoms with van der Waals surface area (Å²) < 4.78 is 0. The van der Waals surface area contributed by atoms with E-state index < -0.39 is 5.97 Å². The Morgan fingerprint density at radius 3 is 2.75 bits per heavy atom. The predicted octanol–water partition coefficient (Wildman–Crippen LogP) is 0.779. The second-order valence-corrected chi connectivity index (χ2v) is 3.04. The number of aliphatic carboxylic acids is 1. The molecule has 0 aromatic heterocycles. The third-order valence-electron chi connectivity index (χ3n) is 1.72. The number of hydrogen-bond acceptors (Lipinski definition) is 4. The molecule has 0 unspecified atom stereocenters. The Morgan fingerprint density at radius 1 is 1.56 bits per heavy atom. The fourth-order valence-electron chi connectivity index (χ4n) is 1.02. The second kappa shape index (κ2) is 8.49. The van der Waals surface area contributed by atoms with Gasteiger partial charge in [0, 0.05) is 6.42 Å². The van der Waals surface area contributed by atoms with Gasteiger partial charge in [0.15, 0.2) is 0 Å². The van der Waals surface area contributed by atoms with Crippen molar-refractivity contribution in [2.75, 3.05) is 0 Å². The highest BCUT2D eigenvalue weighted by Gasteiger charge is 1.98. The van der Waals surface area contributed by atoms with Crippen LogP contribution in [0.15, 0.2) is 29.0 Å². The van der Waals surface area contributed by atoms with Gasteiger partial charge in [0.25, 0.3) is 0 Å². The summed E-state index contributed by atoms with van der Waals surface area (Å²) in [7, 11) is 0. The maximum absolute atomic E-state index is 10.3. The Labute approximate surface area is 94.9 Å². The van der Waals surface area contributed by atoms with Gasteiger partial charge >= 0.3 is 5.97 Å². The predicted molar refractivity (Wildman–Crippen MR) is 63.1 cm³/mol. The van der Waals surface area contributed by atoms with Crippen LogP contribution in [0, 0.1) is 0 Å². The molecule has 0 aliphatic rings. The van der Waals surface area contributed by atoms with Crippen LogP contribution in [0.1, 0.15) is 26.2 Å². The van der Waals surface area contributed by atoms with Gasteiger partial charge in [-0.3, -0.25) is 9.80 Å². The Balaban J connectivity index is 4.34. The molecular weight excluding hydrogens is 208 g/mol. The van der Waals surface area contributed by atoms with Gasteiger partial charge in [-0.1, -0.05) is 19.1 Å². The van der Waals surface area contributed by atoms with Crippen molar-refractivity contribution < 1.29 is 9.90 Å². The van der Waals surface area contributed by atoms with Crippen molar-refractivity contribution in [3.05, 3.63) is 23.9 Å². The number of hydrogen-bond donors (Lipinski definition) is 3. The van der Waals surface area contributed by atoms with Crippen molar-refractivity contribution >= 4 is 12.3 Å². The van der Waals surface area contributed by atoms with Crippen molar-refractivity contribution in [3.63, 3.8) is 0 Å². The van der Waals surface area contributed by atoms with Crippen LogP contribution >= 0.6 is 0 Å². The van der Waals surface area contributed by atoms with Crippen molar-refractivity contribution in [3.8, 4) is 0 Å². The second-order valence-electron chi connectivity index (χ2n) is 3.04. The molecule has 0 rings (SSSR count). The molecule has 0 aromatic rings. The molecular formula is C10H18N4O2. The van der Waals surface area contributed by atoms with Gasteiger partial charge in [0.2, 0.25) is 0 Å². The minimum atomic E-state index is -0.821. The summed E-state index contributed by atoms with van der Waals surface area (Å²) in [6.07, 6.45) is 8.04. The van der Waals surface area contributed by atoms with Crippen LogP contribution in [0.25, 0.3) is 0 Å². The molecule has 0 saturated heterocycles. The number of nitrogens with two attached hydrogens (primary N) is 2. The van der Waals surface area contributed by atoms with Gasteiger partial charge in [-0.15, -0.1) is 0 Å². The average molecular weight is 226 g/mol. The van der Waals surface area contributed by atoms with E-state index in [1.165, 1.54) is 11.3 Å². The summed E-state index contributed by atoms with van der Waals surface area (Å²) in [5, 5.41) is 13.0. The highest BCUT2D eigenvalue weighted by Crippen LogP contribution is 2.03. The number of carboxylic acids is 1. The van der Waals surface area contributed by atoms with E-state index in [4.69, 9.17) is 16.8 Å². The zero-order valence-corrected chi connectivity index (χ0v) is 9.34. The molecule has 0 aliphatic heterocycles. The van der Waals surface area contributed by atoms with E-state index in [2.05, 4.69) is 5.10 Å². The Hall–Kier alpha value is -1.82. The Morgan fingerprint density at radius 2 is 2.25 bits per heavy atom. The fourth-order valence-corrected chi connectivity index (χ4v) is 1.02.